The fraction of sp³-hybridized carbons (Fsp3) is 0.300. The molecule has 5 heteroatoms. The van der Waals surface area contributed by atoms with Gasteiger partial charge in [-0.3, -0.25) is 4.79 Å². The van der Waals surface area contributed by atoms with Gasteiger partial charge in [0.05, 0.1) is 24.2 Å². The Bertz CT molecular complexity index is 827. The summed E-state index contributed by atoms with van der Waals surface area (Å²) in [6, 6.07) is 17.9. The SMILES string of the molecule is CC(=O)NCc1nc2ccccc2n1CCCCOc1ccccc1. The molecule has 0 saturated heterocycles. The van der Waals surface area contributed by atoms with Crippen LogP contribution in [-0.2, 0) is 17.9 Å². The molecule has 0 spiro atoms. The minimum Gasteiger partial charge on any atom is -0.494 e. The first-order valence-corrected chi connectivity index (χ1v) is 8.60. The number of hydrogen-bond donors (Lipinski definition) is 1. The molecule has 2 aromatic carbocycles. The Hall–Kier alpha value is -2.82. The van der Waals surface area contributed by atoms with E-state index in [0.717, 1.165) is 42.0 Å². The van der Waals surface area contributed by atoms with Crippen molar-refractivity contribution >= 4 is 16.9 Å². The Morgan fingerprint density at radius 2 is 1.84 bits per heavy atom. The number of nitrogens with one attached hydrogen (secondary N) is 1. The van der Waals surface area contributed by atoms with E-state index in [0.29, 0.717) is 13.2 Å². The summed E-state index contributed by atoms with van der Waals surface area (Å²) in [6.07, 6.45) is 1.95. The van der Waals surface area contributed by atoms with Gasteiger partial charge in [0.25, 0.3) is 0 Å². The maximum Gasteiger partial charge on any atom is 0.217 e. The number of carbonyl (C=O) groups is 1. The molecule has 0 fully saturated rings. The van der Waals surface area contributed by atoms with Gasteiger partial charge in [0, 0.05) is 13.5 Å². The van der Waals surface area contributed by atoms with Gasteiger partial charge in [-0.2, -0.15) is 0 Å². The second-order valence-electron chi connectivity index (χ2n) is 5.95. The third-order valence-corrected chi connectivity index (χ3v) is 4.02. The van der Waals surface area contributed by atoms with Crippen LogP contribution >= 0.6 is 0 Å². The molecule has 1 N–H and O–H groups in total. The van der Waals surface area contributed by atoms with E-state index < -0.39 is 0 Å². The zero-order valence-corrected chi connectivity index (χ0v) is 14.4. The van der Waals surface area contributed by atoms with Gasteiger partial charge in [-0.15, -0.1) is 0 Å². The van der Waals surface area contributed by atoms with E-state index in [4.69, 9.17) is 4.74 Å². The van der Waals surface area contributed by atoms with Crippen molar-refractivity contribution in [3.8, 4) is 5.75 Å². The Kier molecular flexibility index (Phi) is 5.67. The van der Waals surface area contributed by atoms with Gasteiger partial charge in [0.1, 0.15) is 11.6 Å². The first kappa shape index (κ1) is 17.0. The van der Waals surface area contributed by atoms with Crippen LogP contribution in [0, 0.1) is 0 Å². The second-order valence-corrected chi connectivity index (χ2v) is 5.95. The summed E-state index contributed by atoms with van der Waals surface area (Å²) >= 11 is 0. The maximum atomic E-state index is 11.2. The molecule has 1 heterocycles. The maximum absolute atomic E-state index is 11.2. The lowest BCUT2D eigenvalue weighted by atomic mass is 10.3. The van der Waals surface area contributed by atoms with Crippen molar-refractivity contribution in [1.82, 2.24) is 14.9 Å². The van der Waals surface area contributed by atoms with Crippen LogP contribution < -0.4 is 10.1 Å². The normalized spacial score (nSPS) is 10.8. The summed E-state index contributed by atoms with van der Waals surface area (Å²) in [6.45, 7) is 3.52. The van der Waals surface area contributed by atoms with Crippen molar-refractivity contribution < 1.29 is 9.53 Å². The molecular weight excluding hydrogens is 314 g/mol. The highest BCUT2D eigenvalue weighted by atomic mass is 16.5. The van der Waals surface area contributed by atoms with Crippen molar-refractivity contribution in [2.45, 2.75) is 32.9 Å². The molecule has 0 aliphatic heterocycles. The summed E-state index contributed by atoms with van der Waals surface area (Å²) in [4.78, 5) is 15.9. The minimum absolute atomic E-state index is 0.0464. The number of imidazole rings is 1. The van der Waals surface area contributed by atoms with Gasteiger partial charge in [-0.25, -0.2) is 4.98 Å². The lowest BCUT2D eigenvalue weighted by Crippen LogP contribution is -2.21. The zero-order valence-electron chi connectivity index (χ0n) is 14.4. The predicted octanol–water partition coefficient (Wildman–Crippen LogP) is 3.53. The van der Waals surface area contributed by atoms with Gasteiger partial charge in [0.2, 0.25) is 5.91 Å². The van der Waals surface area contributed by atoms with Gasteiger partial charge in [0.15, 0.2) is 0 Å². The van der Waals surface area contributed by atoms with Crippen molar-refractivity contribution in [3.63, 3.8) is 0 Å². The standard InChI is InChI=1S/C20H23N3O2/c1-16(24)21-15-20-22-18-11-5-6-12-19(18)23(20)13-7-8-14-25-17-9-3-2-4-10-17/h2-6,9-12H,7-8,13-15H2,1H3,(H,21,24). The average Bonchev–Trinajstić information content (AvgIpc) is 2.98. The van der Waals surface area contributed by atoms with Crippen LogP contribution in [0.5, 0.6) is 5.75 Å². The van der Waals surface area contributed by atoms with Crippen LogP contribution in [0.3, 0.4) is 0 Å². The molecule has 0 radical (unpaired) electrons. The molecular formula is C20H23N3O2. The van der Waals surface area contributed by atoms with E-state index in [1.807, 2.05) is 48.5 Å². The fourth-order valence-corrected chi connectivity index (χ4v) is 2.79. The van der Waals surface area contributed by atoms with E-state index in [1.165, 1.54) is 6.92 Å². The average molecular weight is 337 g/mol. The summed E-state index contributed by atoms with van der Waals surface area (Å²) in [5.74, 6) is 1.75. The number of unbranched alkanes of at least 4 members (excludes halogenated alkanes) is 1. The van der Waals surface area contributed by atoms with E-state index in [2.05, 4.69) is 20.9 Å². The van der Waals surface area contributed by atoms with E-state index in [9.17, 15) is 4.79 Å². The highest BCUT2D eigenvalue weighted by Gasteiger charge is 2.10. The van der Waals surface area contributed by atoms with Crippen LogP contribution in [0.1, 0.15) is 25.6 Å². The molecule has 1 aromatic heterocycles. The molecule has 3 aromatic rings. The van der Waals surface area contributed by atoms with Crippen molar-refractivity contribution in [1.29, 1.82) is 0 Å². The number of ether oxygens (including phenoxy) is 1. The Balaban J connectivity index is 1.59. The lowest BCUT2D eigenvalue weighted by molar-refractivity contribution is -0.119. The number of aryl methyl sites for hydroxylation is 1. The van der Waals surface area contributed by atoms with E-state index >= 15 is 0 Å². The predicted molar refractivity (Wildman–Crippen MR) is 98.4 cm³/mol. The molecule has 1 amide bonds. The molecule has 0 aliphatic carbocycles. The van der Waals surface area contributed by atoms with Crippen molar-refractivity contribution in [2.24, 2.45) is 0 Å². The van der Waals surface area contributed by atoms with Crippen molar-refractivity contribution in [3.05, 3.63) is 60.4 Å². The number of nitrogens with zero attached hydrogens (tertiary/aromatic N) is 2. The first-order chi connectivity index (χ1) is 12.2. The quantitative estimate of drug-likeness (QED) is 0.640. The number of carbonyl (C=O) groups excluding carboxylic acids is 1. The number of benzene rings is 2. The number of fused-ring (bicyclic) bond motifs is 1. The topological polar surface area (TPSA) is 56.2 Å². The molecule has 0 bridgehead atoms. The lowest BCUT2D eigenvalue weighted by Gasteiger charge is -2.10. The first-order valence-electron chi connectivity index (χ1n) is 8.60. The van der Waals surface area contributed by atoms with Crippen LogP contribution in [0.2, 0.25) is 0 Å². The van der Waals surface area contributed by atoms with Crippen LogP contribution in [0.25, 0.3) is 11.0 Å². The summed E-state index contributed by atoms with van der Waals surface area (Å²) in [7, 11) is 0. The molecule has 0 atom stereocenters. The Morgan fingerprint density at radius 3 is 2.64 bits per heavy atom. The van der Waals surface area contributed by atoms with Gasteiger partial charge in [-0.1, -0.05) is 30.3 Å². The van der Waals surface area contributed by atoms with E-state index in [-0.39, 0.29) is 5.91 Å². The molecule has 0 saturated carbocycles. The zero-order chi connectivity index (χ0) is 17.5. The molecule has 0 unspecified atom stereocenters. The third-order valence-electron chi connectivity index (χ3n) is 4.02. The Morgan fingerprint density at radius 1 is 1.08 bits per heavy atom. The summed E-state index contributed by atoms with van der Waals surface area (Å²) in [5, 5.41) is 2.84. The molecule has 130 valence electrons. The van der Waals surface area contributed by atoms with Crippen LogP contribution in [-0.4, -0.2) is 22.1 Å². The molecule has 25 heavy (non-hydrogen) atoms. The fourth-order valence-electron chi connectivity index (χ4n) is 2.79. The number of amides is 1. The monoisotopic (exact) mass is 337 g/mol. The van der Waals surface area contributed by atoms with Crippen LogP contribution in [0.15, 0.2) is 54.6 Å². The molecule has 5 nitrogen and oxygen atoms in total. The molecule has 3 rings (SSSR count). The summed E-state index contributed by atoms with van der Waals surface area (Å²) in [5.41, 5.74) is 2.07. The number of rotatable bonds is 8. The van der Waals surface area contributed by atoms with Crippen LogP contribution in [0.4, 0.5) is 0 Å². The van der Waals surface area contributed by atoms with Gasteiger partial charge < -0.3 is 14.6 Å². The largest absolute Gasteiger partial charge is 0.494 e. The van der Waals surface area contributed by atoms with Crippen molar-refractivity contribution in [2.75, 3.05) is 6.61 Å². The highest BCUT2D eigenvalue weighted by molar-refractivity contribution is 5.76. The smallest absolute Gasteiger partial charge is 0.217 e. The summed E-state index contributed by atoms with van der Waals surface area (Å²) < 4.78 is 7.93. The third kappa shape index (κ3) is 4.59. The number of aromatic nitrogens is 2. The van der Waals surface area contributed by atoms with E-state index in [1.54, 1.807) is 0 Å². The second kappa shape index (κ2) is 8.33. The van der Waals surface area contributed by atoms with Gasteiger partial charge >= 0.3 is 0 Å². The highest BCUT2D eigenvalue weighted by Crippen LogP contribution is 2.17. The number of para-hydroxylation sites is 3. The van der Waals surface area contributed by atoms with Gasteiger partial charge in [-0.05, 0) is 37.1 Å². The molecule has 0 aliphatic rings. The number of hydrogen-bond acceptors (Lipinski definition) is 3. The minimum atomic E-state index is -0.0464. The Labute approximate surface area is 147 Å².